The Morgan fingerprint density at radius 1 is 1.09 bits per heavy atom. The fourth-order valence-corrected chi connectivity index (χ4v) is 7.43. The van der Waals surface area contributed by atoms with Crippen LogP contribution in [-0.2, 0) is 17.8 Å². The SMILES string of the molecule is CC(C)(C)[S+]([O-])NC1c2ccccc2CC12CCC(c1ccc(SCC3CC3)nc1)CC2. The molecule has 3 aliphatic carbocycles. The van der Waals surface area contributed by atoms with Crippen LogP contribution in [0.4, 0.5) is 0 Å². The standard InChI is InChI=1S/C27H36N2OS2/c1-26(2,3)32(30)29-25-23-7-5-4-6-21(23)16-27(25)14-12-20(13-15-27)22-10-11-24(28-17-22)31-18-19-8-9-19/h4-7,10-11,17,19-20,25,29H,8-9,12-16,18H2,1-3H3. The van der Waals surface area contributed by atoms with Gasteiger partial charge in [-0.25, -0.2) is 4.98 Å². The number of hydrogen-bond donors (Lipinski definition) is 1. The van der Waals surface area contributed by atoms with Crippen molar-refractivity contribution in [1.82, 2.24) is 9.71 Å². The van der Waals surface area contributed by atoms with Crippen LogP contribution in [0.15, 0.2) is 47.6 Å². The third-order valence-corrected chi connectivity index (χ3v) is 10.4. The zero-order valence-corrected chi connectivity index (χ0v) is 21.2. The van der Waals surface area contributed by atoms with Crippen molar-refractivity contribution in [2.45, 2.75) is 87.4 Å². The smallest absolute Gasteiger partial charge is 0.136 e. The summed E-state index contributed by atoms with van der Waals surface area (Å²) in [5.41, 5.74) is 4.37. The molecule has 0 aliphatic heterocycles. The quantitative estimate of drug-likeness (QED) is 0.384. The first-order chi connectivity index (χ1) is 15.3. The van der Waals surface area contributed by atoms with Gasteiger partial charge < -0.3 is 4.55 Å². The lowest BCUT2D eigenvalue weighted by Gasteiger charge is -2.42. The molecule has 3 aliphatic rings. The fourth-order valence-electron chi connectivity index (χ4n) is 5.46. The van der Waals surface area contributed by atoms with Gasteiger partial charge in [-0.2, -0.15) is 0 Å². The lowest BCUT2D eigenvalue weighted by molar-refractivity contribution is 0.140. The highest BCUT2D eigenvalue weighted by atomic mass is 32.2. The number of nitrogens with zero attached hydrogens (tertiary/aromatic N) is 1. The third-order valence-electron chi connectivity index (χ3n) is 7.68. The normalized spacial score (nSPS) is 28.6. The van der Waals surface area contributed by atoms with E-state index in [2.05, 4.69) is 68.1 Å². The maximum atomic E-state index is 13.1. The van der Waals surface area contributed by atoms with Gasteiger partial charge in [0.05, 0.1) is 11.1 Å². The second-order valence-corrected chi connectivity index (χ2v) is 14.2. The summed E-state index contributed by atoms with van der Waals surface area (Å²) >= 11 is 0.841. The van der Waals surface area contributed by atoms with Crippen LogP contribution in [-0.4, -0.2) is 20.0 Å². The first-order valence-electron chi connectivity index (χ1n) is 12.2. The van der Waals surface area contributed by atoms with Crippen LogP contribution in [0, 0.1) is 11.3 Å². The maximum Gasteiger partial charge on any atom is 0.136 e. The van der Waals surface area contributed by atoms with Gasteiger partial charge in [0.2, 0.25) is 0 Å². The van der Waals surface area contributed by atoms with Crippen LogP contribution in [0.2, 0.25) is 0 Å². The second-order valence-electron chi connectivity index (χ2n) is 11.1. The zero-order valence-electron chi connectivity index (χ0n) is 19.6. The molecule has 2 aromatic rings. The number of benzene rings is 1. The van der Waals surface area contributed by atoms with Gasteiger partial charge in [-0.3, -0.25) is 0 Å². The first kappa shape index (κ1) is 22.8. The van der Waals surface area contributed by atoms with Crippen molar-refractivity contribution < 1.29 is 4.55 Å². The van der Waals surface area contributed by atoms with Crippen molar-refractivity contribution in [3.05, 3.63) is 59.3 Å². The molecule has 5 heteroatoms. The molecule has 1 N–H and O–H groups in total. The Hall–Kier alpha value is -1.01. The van der Waals surface area contributed by atoms with E-state index in [4.69, 9.17) is 4.98 Å². The maximum absolute atomic E-state index is 13.1. The highest BCUT2D eigenvalue weighted by Crippen LogP contribution is 2.56. The molecular formula is C27H36N2OS2. The summed E-state index contributed by atoms with van der Waals surface area (Å²) in [6, 6.07) is 13.5. The van der Waals surface area contributed by atoms with E-state index in [1.807, 2.05) is 11.8 Å². The van der Waals surface area contributed by atoms with Crippen molar-refractivity contribution in [2.24, 2.45) is 11.3 Å². The van der Waals surface area contributed by atoms with Crippen molar-refractivity contribution in [2.75, 3.05) is 5.75 Å². The Morgan fingerprint density at radius 3 is 2.50 bits per heavy atom. The fraction of sp³-hybridized carbons (Fsp3) is 0.593. The van der Waals surface area contributed by atoms with Gasteiger partial charge in [0, 0.05) is 23.3 Å². The molecule has 2 fully saturated rings. The number of rotatable bonds is 6. The van der Waals surface area contributed by atoms with Gasteiger partial charge in [-0.15, -0.1) is 16.5 Å². The van der Waals surface area contributed by atoms with Gasteiger partial charge >= 0.3 is 0 Å². The average Bonchev–Trinajstić information content (AvgIpc) is 3.57. The number of fused-ring (bicyclic) bond motifs is 1. The minimum Gasteiger partial charge on any atom is -0.598 e. The van der Waals surface area contributed by atoms with Crippen LogP contribution in [0.25, 0.3) is 0 Å². The van der Waals surface area contributed by atoms with Crippen LogP contribution in [0.5, 0.6) is 0 Å². The molecule has 5 rings (SSSR count). The molecule has 0 radical (unpaired) electrons. The highest BCUT2D eigenvalue weighted by molar-refractivity contribution is 7.99. The largest absolute Gasteiger partial charge is 0.598 e. The number of nitrogens with one attached hydrogen (secondary N) is 1. The highest BCUT2D eigenvalue weighted by Gasteiger charge is 2.50. The Balaban J connectivity index is 1.28. The molecule has 1 aromatic carbocycles. The van der Waals surface area contributed by atoms with Gasteiger partial charge in [-0.05, 0) is 106 Å². The molecule has 0 amide bonds. The minimum atomic E-state index is -1.07. The number of hydrogen-bond acceptors (Lipinski definition) is 4. The molecule has 32 heavy (non-hydrogen) atoms. The van der Waals surface area contributed by atoms with Crippen molar-refractivity contribution in [3.8, 4) is 0 Å². The molecule has 1 heterocycles. The Kier molecular flexibility index (Phi) is 6.39. The molecular weight excluding hydrogens is 432 g/mol. The number of aromatic nitrogens is 1. The Bertz CT molecular complexity index is 927. The summed E-state index contributed by atoms with van der Waals surface area (Å²) in [6.07, 6.45) is 10.7. The summed E-state index contributed by atoms with van der Waals surface area (Å²) in [5.74, 6) is 2.75. The number of thioether (sulfide) groups is 1. The van der Waals surface area contributed by atoms with Crippen molar-refractivity contribution >= 4 is 23.1 Å². The molecule has 3 nitrogen and oxygen atoms in total. The van der Waals surface area contributed by atoms with E-state index in [9.17, 15) is 4.55 Å². The molecule has 2 atom stereocenters. The van der Waals surface area contributed by atoms with Gasteiger partial charge in [0.1, 0.15) is 4.75 Å². The first-order valence-corrected chi connectivity index (χ1v) is 14.3. The van der Waals surface area contributed by atoms with E-state index in [-0.39, 0.29) is 16.2 Å². The lowest BCUT2D eigenvalue weighted by atomic mass is 9.66. The van der Waals surface area contributed by atoms with E-state index >= 15 is 0 Å². The average molecular weight is 469 g/mol. The van der Waals surface area contributed by atoms with E-state index < -0.39 is 11.4 Å². The van der Waals surface area contributed by atoms with Gasteiger partial charge in [-0.1, -0.05) is 30.3 Å². The zero-order chi connectivity index (χ0) is 22.3. The molecule has 172 valence electrons. The van der Waals surface area contributed by atoms with Gasteiger partial charge in [0.25, 0.3) is 0 Å². The third kappa shape index (κ3) is 4.77. The monoisotopic (exact) mass is 468 g/mol. The van der Waals surface area contributed by atoms with Gasteiger partial charge in [0.15, 0.2) is 0 Å². The lowest BCUT2D eigenvalue weighted by Crippen LogP contribution is -2.46. The van der Waals surface area contributed by atoms with Crippen LogP contribution in [0.3, 0.4) is 0 Å². The molecule has 0 bridgehead atoms. The Labute approximate surface area is 200 Å². The number of pyridine rings is 1. The second kappa shape index (κ2) is 8.98. The van der Waals surface area contributed by atoms with E-state index in [0.29, 0.717) is 5.92 Å². The van der Waals surface area contributed by atoms with Crippen molar-refractivity contribution in [1.29, 1.82) is 0 Å². The molecule has 0 saturated heterocycles. The van der Waals surface area contributed by atoms with Crippen LogP contribution in [0.1, 0.15) is 87.9 Å². The molecule has 1 aromatic heterocycles. The van der Waals surface area contributed by atoms with Crippen molar-refractivity contribution in [3.63, 3.8) is 0 Å². The van der Waals surface area contributed by atoms with Crippen LogP contribution >= 0.6 is 11.8 Å². The summed E-state index contributed by atoms with van der Waals surface area (Å²) in [6.45, 7) is 6.17. The van der Waals surface area contributed by atoms with Crippen LogP contribution < -0.4 is 4.72 Å². The minimum absolute atomic E-state index is 0.175. The van der Waals surface area contributed by atoms with E-state index in [0.717, 1.165) is 12.3 Å². The Morgan fingerprint density at radius 2 is 1.84 bits per heavy atom. The molecule has 2 saturated carbocycles. The molecule has 1 spiro atoms. The summed E-state index contributed by atoms with van der Waals surface area (Å²) in [4.78, 5) is 4.77. The predicted molar refractivity (Wildman–Crippen MR) is 135 cm³/mol. The topological polar surface area (TPSA) is 48.0 Å². The summed E-state index contributed by atoms with van der Waals surface area (Å²) < 4.78 is 16.4. The van der Waals surface area contributed by atoms with E-state index in [1.54, 1.807) is 0 Å². The molecule has 2 unspecified atom stereocenters. The summed E-state index contributed by atoms with van der Waals surface area (Å²) in [7, 11) is 0. The predicted octanol–water partition coefficient (Wildman–Crippen LogP) is 6.58. The van der Waals surface area contributed by atoms with E-state index in [1.165, 1.54) is 66.0 Å². The summed E-state index contributed by atoms with van der Waals surface area (Å²) in [5, 5.41) is 1.17.